The van der Waals surface area contributed by atoms with E-state index in [1.54, 1.807) is 12.1 Å². The molecule has 0 spiro atoms. The maximum absolute atomic E-state index is 9.35. The zero-order valence-corrected chi connectivity index (χ0v) is 12.5. The minimum absolute atomic E-state index is 0.440. The van der Waals surface area contributed by atoms with E-state index in [0.29, 0.717) is 17.2 Å². The second-order valence-corrected chi connectivity index (χ2v) is 6.00. The molecule has 3 aromatic rings. The summed E-state index contributed by atoms with van der Waals surface area (Å²) in [6.07, 6.45) is 2.29. The number of hydrogen-bond donors (Lipinski definition) is 3. The van der Waals surface area contributed by atoms with Gasteiger partial charge in [-0.1, -0.05) is 30.3 Å². The Bertz CT molecular complexity index is 894. The molecule has 1 heterocycles. The molecule has 114 valence electrons. The fourth-order valence-electron chi connectivity index (χ4n) is 2.91. The van der Waals surface area contributed by atoms with Crippen LogP contribution in [0.4, 0.5) is 5.82 Å². The van der Waals surface area contributed by atoms with Gasteiger partial charge >= 0.3 is 7.12 Å². The Morgan fingerprint density at radius 2 is 1.74 bits per heavy atom. The lowest BCUT2D eigenvalue weighted by Gasteiger charge is -2.10. The number of nitrogens with zero attached hydrogens (tertiary/aromatic N) is 2. The minimum Gasteiger partial charge on any atom is -0.423 e. The topological polar surface area (TPSA) is 92.3 Å². The Labute approximate surface area is 133 Å². The molecule has 0 saturated heterocycles. The molecule has 0 radical (unpaired) electrons. The van der Waals surface area contributed by atoms with Crippen molar-refractivity contribution in [2.75, 3.05) is 5.73 Å². The lowest BCUT2D eigenvalue weighted by molar-refractivity contribution is 0.426. The number of nitrogens with two attached hydrogens (primary N) is 1. The molecule has 4 N–H and O–H groups in total. The highest BCUT2D eigenvalue weighted by Gasteiger charge is 2.28. The van der Waals surface area contributed by atoms with Crippen LogP contribution in [0.2, 0.25) is 0 Å². The van der Waals surface area contributed by atoms with Crippen LogP contribution in [0.25, 0.3) is 21.9 Å². The van der Waals surface area contributed by atoms with E-state index in [0.717, 1.165) is 40.4 Å². The average molecular weight is 305 g/mol. The summed E-state index contributed by atoms with van der Waals surface area (Å²) in [5, 5.41) is 29.0. The molecule has 0 unspecified atom stereocenters. The van der Waals surface area contributed by atoms with Gasteiger partial charge in [0.05, 0.1) is 5.69 Å². The molecule has 0 atom stereocenters. The lowest BCUT2D eigenvalue weighted by atomic mass is 9.79. The van der Waals surface area contributed by atoms with Gasteiger partial charge in [0.1, 0.15) is 0 Å². The summed E-state index contributed by atoms with van der Waals surface area (Å²) in [7, 11) is -1.47. The molecule has 23 heavy (non-hydrogen) atoms. The van der Waals surface area contributed by atoms with E-state index in [4.69, 9.17) is 5.73 Å². The fourth-order valence-corrected chi connectivity index (χ4v) is 2.91. The number of nitrogen functional groups attached to an aromatic ring is 1. The summed E-state index contributed by atoms with van der Waals surface area (Å²) in [5.41, 5.74) is 9.36. The van der Waals surface area contributed by atoms with Crippen LogP contribution in [0.3, 0.4) is 0 Å². The summed E-state index contributed by atoms with van der Waals surface area (Å²) < 4.78 is 0. The Kier molecular flexibility index (Phi) is 3.29. The molecule has 0 bridgehead atoms. The highest BCUT2D eigenvalue weighted by molar-refractivity contribution is 6.58. The quantitative estimate of drug-likeness (QED) is 0.637. The first-order valence-electron chi connectivity index (χ1n) is 7.66. The molecule has 4 rings (SSSR count). The number of hydrogen-bond acceptors (Lipinski definition) is 5. The zero-order chi connectivity index (χ0) is 16.0. The van der Waals surface area contributed by atoms with Crippen LogP contribution in [0.1, 0.15) is 24.5 Å². The van der Waals surface area contributed by atoms with Gasteiger partial charge < -0.3 is 15.8 Å². The van der Waals surface area contributed by atoms with E-state index in [9.17, 15) is 10.0 Å². The molecule has 1 saturated carbocycles. The molecular weight excluding hydrogens is 289 g/mol. The van der Waals surface area contributed by atoms with Crippen molar-refractivity contribution in [1.29, 1.82) is 0 Å². The van der Waals surface area contributed by atoms with Crippen LogP contribution in [0.15, 0.2) is 42.5 Å². The van der Waals surface area contributed by atoms with Crippen molar-refractivity contribution in [2.24, 2.45) is 0 Å². The first kappa shape index (κ1) is 14.2. The second-order valence-electron chi connectivity index (χ2n) is 6.00. The predicted octanol–water partition coefficient (Wildman–Crippen LogP) is 1.44. The summed E-state index contributed by atoms with van der Waals surface area (Å²) in [4.78, 5) is 0. The SMILES string of the molecule is Nc1nnc(C2CC2)c2cc(-c3cccc(B(O)O)c3)ccc12. The van der Waals surface area contributed by atoms with Crippen LogP contribution in [0.5, 0.6) is 0 Å². The largest absolute Gasteiger partial charge is 0.488 e. The fraction of sp³-hybridized carbons (Fsp3) is 0.176. The number of rotatable bonds is 3. The summed E-state index contributed by atoms with van der Waals surface area (Å²) in [5.74, 6) is 0.918. The molecular formula is C17H16BN3O2. The number of aromatic nitrogens is 2. The van der Waals surface area contributed by atoms with E-state index in [2.05, 4.69) is 16.3 Å². The number of benzene rings is 2. The summed E-state index contributed by atoms with van der Waals surface area (Å²) in [6, 6.07) is 13.2. The minimum atomic E-state index is -1.47. The third kappa shape index (κ3) is 2.56. The van der Waals surface area contributed by atoms with Gasteiger partial charge in [-0.05, 0) is 41.6 Å². The van der Waals surface area contributed by atoms with Crippen molar-refractivity contribution < 1.29 is 10.0 Å². The zero-order valence-electron chi connectivity index (χ0n) is 12.5. The van der Waals surface area contributed by atoms with Gasteiger partial charge in [-0.2, -0.15) is 5.10 Å². The average Bonchev–Trinajstić information content (AvgIpc) is 3.40. The van der Waals surface area contributed by atoms with E-state index in [1.165, 1.54) is 0 Å². The van der Waals surface area contributed by atoms with Crippen LogP contribution >= 0.6 is 0 Å². The standard InChI is InChI=1S/C17H16BN3O2/c19-17-14-7-6-12(11-2-1-3-13(8-11)18(22)23)9-15(14)16(20-21-17)10-4-5-10/h1-3,6-10,22-23H,4-5H2,(H2,19,21). The van der Waals surface area contributed by atoms with Gasteiger partial charge in [0.2, 0.25) is 0 Å². The first-order valence-corrected chi connectivity index (χ1v) is 7.66. The Morgan fingerprint density at radius 3 is 2.48 bits per heavy atom. The van der Waals surface area contributed by atoms with E-state index < -0.39 is 7.12 Å². The van der Waals surface area contributed by atoms with Crippen molar-refractivity contribution in [3.8, 4) is 11.1 Å². The van der Waals surface area contributed by atoms with Gasteiger partial charge in [-0.25, -0.2) is 0 Å². The van der Waals surface area contributed by atoms with E-state index in [-0.39, 0.29) is 0 Å². The van der Waals surface area contributed by atoms with Crippen molar-refractivity contribution in [2.45, 2.75) is 18.8 Å². The third-order valence-electron chi connectivity index (χ3n) is 4.32. The Hall–Kier alpha value is -2.44. The summed E-state index contributed by atoms with van der Waals surface area (Å²) in [6.45, 7) is 0. The molecule has 0 aliphatic heterocycles. The van der Waals surface area contributed by atoms with Gasteiger partial charge in [0.25, 0.3) is 0 Å². The normalized spacial score (nSPS) is 14.2. The molecule has 5 nitrogen and oxygen atoms in total. The molecule has 2 aromatic carbocycles. The van der Waals surface area contributed by atoms with Gasteiger partial charge in [-0.15, -0.1) is 5.10 Å². The molecule has 1 aromatic heterocycles. The van der Waals surface area contributed by atoms with Crippen molar-refractivity contribution >= 4 is 29.2 Å². The van der Waals surface area contributed by atoms with E-state index in [1.807, 2.05) is 24.3 Å². The number of fused-ring (bicyclic) bond motifs is 1. The van der Waals surface area contributed by atoms with Gasteiger partial charge in [-0.3, -0.25) is 0 Å². The molecule has 1 aliphatic carbocycles. The third-order valence-corrected chi connectivity index (χ3v) is 4.32. The van der Waals surface area contributed by atoms with Crippen LogP contribution < -0.4 is 11.2 Å². The highest BCUT2D eigenvalue weighted by atomic mass is 16.4. The van der Waals surface area contributed by atoms with Gasteiger partial charge in [0.15, 0.2) is 5.82 Å². The van der Waals surface area contributed by atoms with E-state index >= 15 is 0 Å². The molecule has 1 fully saturated rings. The van der Waals surface area contributed by atoms with Crippen LogP contribution in [-0.2, 0) is 0 Å². The van der Waals surface area contributed by atoms with Crippen molar-refractivity contribution in [3.05, 3.63) is 48.2 Å². The smallest absolute Gasteiger partial charge is 0.423 e. The molecule has 1 aliphatic rings. The monoisotopic (exact) mass is 305 g/mol. The predicted molar refractivity (Wildman–Crippen MR) is 91.2 cm³/mol. The van der Waals surface area contributed by atoms with Crippen molar-refractivity contribution in [3.63, 3.8) is 0 Å². The first-order chi connectivity index (χ1) is 11.1. The molecule has 6 heteroatoms. The van der Waals surface area contributed by atoms with Crippen LogP contribution in [0, 0.1) is 0 Å². The van der Waals surface area contributed by atoms with Crippen LogP contribution in [-0.4, -0.2) is 27.4 Å². The number of anilines is 1. The Balaban J connectivity index is 1.88. The van der Waals surface area contributed by atoms with Crippen molar-refractivity contribution in [1.82, 2.24) is 10.2 Å². The highest BCUT2D eigenvalue weighted by Crippen LogP contribution is 2.42. The maximum atomic E-state index is 9.35. The second kappa shape index (κ2) is 5.33. The molecule has 0 amide bonds. The Morgan fingerprint density at radius 1 is 0.957 bits per heavy atom. The van der Waals surface area contributed by atoms with Gasteiger partial charge in [0, 0.05) is 16.7 Å². The summed E-state index contributed by atoms with van der Waals surface area (Å²) >= 11 is 0. The lowest BCUT2D eigenvalue weighted by Crippen LogP contribution is -2.29. The maximum Gasteiger partial charge on any atom is 0.488 e.